The van der Waals surface area contributed by atoms with Gasteiger partial charge in [-0.1, -0.05) is 0 Å². The van der Waals surface area contributed by atoms with Crippen molar-refractivity contribution in [2.75, 3.05) is 67.6 Å². The van der Waals surface area contributed by atoms with E-state index in [0.717, 1.165) is 12.4 Å². The highest BCUT2D eigenvalue weighted by atomic mass is 19.4. The van der Waals surface area contributed by atoms with Crippen LogP contribution in [0.1, 0.15) is 187 Å². The van der Waals surface area contributed by atoms with Crippen molar-refractivity contribution in [1.82, 2.24) is 36.4 Å². The molecule has 2 aliphatic rings. The fourth-order valence-corrected chi connectivity index (χ4v) is 9.17. The number of nitrogens with zero attached hydrogens (tertiary/aromatic N) is 5. The number of nitrogens with one attached hydrogen (secondary N) is 9. The van der Waals surface area contributed by atoms with Crippen LogP contribution in [0.5, 0.6) is 11.5 Å². The van der Waals surface area contributed by atoms with Gasteiger partial charge in [-0.25, -0.2) is 28.8 Å². The minimum Gasteiger partial charge on any atom is -0.489 e. The zero-order valence-electron chi connectivity index (χ0n) is 64.4. The molecule has 0 aliphatic carbocycles. The second kappa shape index (κ2) is 38.0. The number of guanidine groups is 2. The predicted octanol–water partition coefficient (Wildman–Crippen LogP) is 12.2. The van der Waals surface area contributed by atoms with Gasteiger partial charge in [0.05, 0.1) is 53.4 Å². The summed E-state index contributed by atoms with van der Waals surface area (Å²) < 4.78 is 134. The summed E-state index contributed by atoms with van der Waals surface area (Å²) in [6, 6.07) is 0.305. The van der Waals surface area contributed by atoms with Crippen molar-refractivity contribution in [3.8, 4) is 11.5 Å². The summed E-state index contributed by atoms with van der Waals surface area (Å²) in [6.45, 7) is 28.3. The SMILES string of the molecule is CN(CCCOc1c(NC(=O)CCCCN=C(NC(=O)OC(C)(C)C)NC(=O)OC(C)(C)C)cc(C(F)(F)F)cc1NC(=O)C1C=C(C(=O)Nc2cc(C(F)(F)F)cc(NC(=O)CCCCN=C(NC(=O)OC(C)(C)C)NC(=O)OC(C)(C)C)c2OC2CCN(C(=O)OC(C)(C)C)C2)NC=N1)C(=O)OC(C)(C)C. The molecule has 0 saturated carbocycles. The fraction of sp³-hybridized carbons (Fsp3) is 0.614. The molecule has 4 rings (SSSR count). The molecule has 0 bridgehead atoms. The van der Waals surface area contributed by atoms with E-state index >= 15 is 0 Å². The number of hydrogen-bond donors (Lipinski definition) is 9. The first kappa shape index (κ1) is 90.1. The largest absolute Gasteiger partial charge is 0.489 e. The molecule has 0 radical (unpaired) electrons. The maximum Gasteiger partial charge on any atom is 0.416 e. The van der Waals surface area contributed by atoms with Crippen LogP contribution in [0.3, 0.4) is 0 Å². The Bertz CT molecular complexity index is 3630. The average molecular weight is 1540 g/mol. The van der Waals surface area contributed by atoms with Gasteiger partial charge in [0, 0.05) is 52.5 Å². The Kier molecular flexibility index (Phi) is 31.7. The topological polar surface area (TPSA) is 396 Å². The lowest BCUT2D eigenvalue weighted by molar-refractivity contribution is -0.138. The van der Waals surface area contributed by atoms with E-state index in [-0.39, 0.29) is 103 Å². The minimum atomic E-state index is -5.16. The molecule has 0 spiro atoms. The number of hydrogen-bond acceptors (Lipinski definition) is 22. The van der Waals surface area contributed by atoms with Gasteiger partial charge in [-0.3, -0.25) is 55.4 Å². The molecular weight excluding hydrogens is 1440 g/mol. The summed E-state index contributed by atoms with van der Waals surface area (Å²) >= 11 is 0. The maximum atomic E-state index is 15.0. The summed E-state index contributed by atoms with van der Waals surface area (Å²) in [7, 11) is 1.42. The molecule has 2 aliphatic heterocycles. The van der Waals surface area contributed by atoms with Crippen LogP contribution in [-0.2, 0) is 60.0 Å². The van der Waals surface area contributed by atoms with Gasteiger partial charge < -0.3 is 74.3 Å². The van der Waals surface area contributed by atoms with E-state index in [0.29, 0.717) is 24.3 Å². The molecule has 1 fully saturated rings. The smallest absolute Gasteiger partial charge is 0.416 e. The maximum absolute atomic E-state index is 15.0. The van der Waals surface area contributed by atoms with Crippen molar-refractivity contribution in [3.05, 3.63) is 47.2 Å². The Morgan fingerprint density at radius 2 is 0.926 bits per heavy atom. The zero-order chi connectivity index (χ0) is 81.7. The Labute approximate surface area is 623 Å². The van der Waals surface area contributed by atoms with Gasteiger partial charge in [0.2, 0.25) is 23.7 Å². The molecule has 2 aromatic carbocycles. The standard InChI is InChI=1S/C70H102F6N14O18/c1-63(2,3)103-57(95)85-55(86-58(96)104-64(4,5)6)77-28-22-20-25-49(91)81-43-33-40(69(71,72)73)34-44(51(43)101-32-24-30-89(19)61(99)107-67(13,14)15)83-53(93)47-37-48(80-39-79-47)54(94)84-46-36-41(70(74,75)76)35-45(52(46)102-42-27-31-90(38-42)62(100)108-68(16,17)18)82-50(92)26-21-23-29-78-56(87-59(97)105-65(7,8)9)88-60(98)106-66(10,11)12/h33-37,39,42,47H,20-32,38H2,1-19H3,(H,79,80)(H,81,91)(H,82,92)(H,83,93)(H,84,94)(H2,77,85,86,95,96)(H2,78,87,88,97,98). The van der Waals surface area contributed by atoms with Crippen molar-refractivity contribution in [1.29, 1.82) is 0 Å². The predicted molar refractivity (Wildman–Crippen MR) is 387 cm³/mol. The molecule has 9 N–H and O–H groups in total. The number of halogens is 6. The van der Waals surface area contributed by atoms with E-state index in [4.69, 9.17) is 37.9 Å². The van der Waals surface area contributed by atoms with Crippen molar-refractivity contribution in [2.45, 2.75) is 234 Å². The van der Waals surface area contributed by atoms with Gasteiger partial charge in [-0.2, -0.15) is 26.3 Å². The molecule has 108 heavy (non-hydrogen) atoms. The fourth-order valence-electron chi connectivity index (χ4n) is 9.17. The Hall–Kier alpha value is -10.3. The van der Waals surface area contributed by atoms with Crippen molar-refractivity contribution >= 4 is 101 Å². The third-order valence-corrected chi connectivity index (χ3v) is 13.5. The number of rotatable bonds is 23. The number of amides is 10. The highest BCUT2D eigenvalue weighted by Gasteiger charge is 2.38. The summed E-state index contributed by atoms with van der Waals surface area (Å²) in [5, 5.41) is 21.3. The molecular formula is C70H102F6N14O18. The Balaban J connectivity index is 1.71. The van der Waals surface area contributed by atoms with E-state index < -0.39 is 169 Å². The van der Waals surface area contributed by atoms with Crippen LogP contribution in [-0.4, -0.2) is 180 Å². The first-order chi connectivity index (χ1) is 49.5. The Morgan fingerprint density at radius 1 is 0.528 bits per heavy atom. The summed E-state index contributed by atoms with van der Waals surface area (Å²) in [5.74, 6) is -5.95. The van der Waals surface area contributed by atoms with Gasteiger partial charge in [-0.15, -0.1) is 0 Å². The van der Waals surface area contributed by atoms with Gasteiger partial charge in [0.15, 0.2) is 17.5 Å². The normalized spacial score (nSPS) is 14.7. The van der Waals surface area contributed by atoms with Crippen molar-refractivity contribution < 1.29 is 112 Å². The molecule has 32 nitrogen and oxygen atoms in total. The third-order valence-electron chi connectivity index (χ3n) is 13.5. The lowest BCUT2D eigenvalue weighted by Crippen LogP contribution is -2.47. The second-order valence-electron chi connectivity index (χ2n) is 30.7. The van der Waals surface area contributed by atoms with E-state index in [9.17, 15) is 74.3 Å². The van der Waals surface area contributed by atoms with Crippen LogP contribution in [0.25, 0.3) is 0 Å². The van der Waals surface area contributed by atoms with E-state index in [1.54, 1.807) is 125 Å². The van der Waals surface area contributed by atoms with E-state index in [1.165, 1.54) is 16.8 Å². The molecule has 2 heterocycles. The molecule has 38 heteroatoms. The van der Waals surface area contributed by atoms with Gasteiger partial charge >= 0.3 is 48.9 Å². The monoisotopic (exact) mass is 1540 g/mol. The molecule has 0 aromatic heterocycles. The minimum absolute atomic E-state index is 0.00191. The van der Waals surface area contributed by atoms with Gasteiger partial charge in [0.25, 0.3) is 11.8 Å². The van der Waals surface area contributed by atoms with Crippen LogP contribution in [0, 0.1) is 0 Å². The molecule has 2 unspecified atom stereocenters. The number of anilines is 4. The number of aliphatic imine (C=N–C) groups is 3. The molecule has 10 amide bonds. The summed E-state index contributed by atoms with van der Waals surface area (Å²) in [6.07, 6.45) is -15.4. The summed E-state index contributed by atoms with van der Waals surface area (Å²) in [5.41, 5.74) is -11.5. The Morgan fingerprint density at radius 3 is 1.33 bits per heavy atom. The number of ether oxygens (including phenoxy) is 8. The number of carbonyl (C=O) groups excluding carboxylic acids is 10. The molecule has 602 valence electrons. The van der Waals surface area contributed by atoms with Gasteiger partial charge in [0.1, 0.15) is 45.4 Å². The van der Waals surface area contributed by atoms with Crippen molar-refractivity contribution in [3.63, 3.8) is 0 Å². The highest BCUT2D eigenvalue weighted by molar-refractivity contribution is 6.09. The number of alkyl carbamates (subject to hydrolysis) is 4. The number of likely N-dealkylation sites (tertiary alicyclic amines) is 1. The zero-order valence-corrected chi connectivity index (χ0v) is 64.4. The first-order valence-electron chi connectivity index (χ1n) is 34.5. The molecule has 1 saturated heterocycles. The van der Waals surface area contributed by atoms with E-state index in [2.05, 4.69) is 62.8 Å². The molecule has 2 atom stereocenters. The van der Waals surface area contributed by atoms with Crippen LogP contribution in [0.15, 0.2) is 51.0 Å². The average Bonchev–Trinajstić information content (AvgIpc) is 1.03. The summed E-state index contributed by atoms with van der Waals surface area (Å²) in [4.78, 5) is 148. The van der Waals surface area contributed by atoms with E-state index in [1.807, 2.05) is 0 Å². The van der Waals surface area contributed by atoms with Gasteiger partial charge in [-0.05, 0) is 187 Å². The number of carbonyl (C=O) groups is 10. The number of benzene rings is 2. The quantitative estimate of drug-likeness (QED) is 0.0164. The van der Waals surface area contributed by atoms with Crippen LogP contribution in [0.2, 0.25) is 0 Å². The van der Waals surface area contributed by atoms with Crippen LogP contribution in [0.4, 0.5) is 77.9 Å². The first-order valence-corrected chi connectivity index (χ1v) is 34.5. The van der Waals surface area contributed by atoms with Crippen LogP contribution < -0.4 is 57.3 Å². The highest BCUT2D eigenvalue weighted by Crippen LogP contribution is 2.44. The van der Waals surface area contributed by atoms with Crippen LogP contribution >= 0.6 is 0 Å². The molecule has 2 aromatic rings. The lowest BCUT2D eigenvalue weighted by Gasteiger charge is -2.25. The second-order valence-corrected chi connectivity index (χ2v) is 30.7. The van der Waals surface area contributed by atoms with Crippen molar-refractivity contribution in [2.24, 2.45) is 15.0 Å². The number of unbranched alkanes of at least 4 members (excludes halogenated alkanes) is 2. The number of alkyl halides is 6. The lowest BCUT2D eigenvalue weighted by atomic mass is 10.1. The third kappa shape index (κ3) is 34.5.